The zero-order valence-electron chi connectivity index (χ0n) is 12.5. The maximum Gasteiger partial charge on any atom is 0.127 e. The van der Waals surface area contributed by atoms with Crippen LogP contribution in [0.1, 0.15) is 19.3 Å². The molecule has 0 unspecified atom stereocenters. The van der Waals surface area contributed by atoms with Crippen LogP contribution in [-0.4, -0.2) is 25.1 Å². The number of nitrogens with one attached hydrogen (secondary N) is 2. The maximum absolute atomic E-state index is 4.22. The van der Waals surface area contributed by atoms with Gasteiger partial charge in [0.05, 0.1) is 0 Å². The third kappa shape index (κ3) is 3.45. The molecule has 4 heteroatoms. The van der Waals surface area contributed by atoms with E-state index in [4.69, 9.17) is 0 Å². The summed E-state index contributed by atoms with van der Waals surface area (Å²) in [6.07, 6.45) is 5.79. The van der Waals surface area contributed by atoms with Gasteiger partial charge in [-0.05, 0) is 49.6 Å². The molecule has 2 heterocycles. The highest BCUT2D eigenvalue weighted by Gasteiger charge is 2.10. The van der Waals surface area contributed by atoms with Crippen molar-refractivity contribution in [3.05, 3.63) is 42.6 Å². The second-order valence-electron chi connectivity index (χ2n) is 5.40. The molecule has 0 atom stereocenters. The Morgan fingerprint density at radius 1 is 0.952 bits per heavy atom. The molecule has 0 spiro atoms. The molecule has 1 saturated heterocycles. The average molecular weight is 282 g/mol. The summed E-state index contributed by atoms with van der Waals surface area (Å²) < 4.78 is 0. The molecule has 2 N–H and O–H groups in total. The summed E-state index contributed by atoms with van der Waals surface area (Å²) in [4.78, 5) is 6.69. The standard InChI is InChI=1S/C17H22N4/c1-18-17-13-15(9-10-19-17)20-14-5-7-16(8-6-14)21-11-3-2-4-12-21/h5-10,13H,2-4,11-12H2,1H3,(H2,18,19,20). The van der Waals surface area contributed by atoms with E-state index >= 15 is 0 Å². The largest absolute Gasteiger partial charge is 0.373 e. The van der Waals surface area contributed by atoms with Gasteiger partial charge in [-0.2, -0.15) is 0 Å². The second kappa shape index (κ2) is 6.48. The third-order valence-corrected chi connectivity index (χ3v) is 3.89. The number of piperidine rings is 1. The Bertz CT molecular complexity index is 574. The van der Waals surface area contributed by atoms with Crippen molar-refractivity contribution < 1.29 is 0 Å². The Hall–Kier alpha value is -2.23. The van der Waals surface area contributed by atoms with Crippen molar-refractivity contribution in [1.82, 2.24) is 4.98 Å². The number of aromatic nitrogens is 1. The Kier molecular flexibility index (Phi) is 4.24. The summed E-state index contributed by atoms with van der Waals surface area (Å²) in [6, 6.07) is 12.7. The van der Waals surface area contributed by atoms with E-state index in [0.717, 1.165) is 17.2 Å². The van der Waals surface area contributed by atoms with Crippen LogP contribution in [0.2, 0.25) is 0 Å². The van der Waals surface area contributed by atoms with Gasteiger partial charge in [0.2, 0.25) is 0 Å². The van der Waals surface area contributed by atoms with E-state index < -0.39 is 0 Å². The lowest BCUT2D eigenvalue weighted by Crippen LogP contribution is -2.29. The monoisotopic (exact) mass is 282 g/mol. The number of benzene rings is 1. The van der Waals surface area contributed by atoms with Crippen molar-refractivity contribution in [2.75, 3.05) is 35.7 Å². The van der Waals surface area contributed by atoms with Crippen LogP contribution in [0, 0.1) is 0 Å². The molecule has 1 aromatic heterocycles. The van der Waals surface area contributed by atoms with E-state index in [1.165, 1.54) is 38.0 Å². The minimum absolute atomic E-state index is 0.866. The minimum atomic E-state index is 0.866. The first-order valence-corrected chi connectivity index (χ1v) is 7.61. The van der Waals surface area contributed by atoms with Crippen LogP contribution in [0.4, 0.5) is 22.9 Å². The maximum atomic E-state index is 4.22. The number of nitrogens with zero attached hydrogens (tertiary/aromatic N) is 2. The molecule has 0 aliphatic carbocycles. The van der Waals surface area contributed by atoms with Gasteiger partial charge in [0.1, 0.15) is 5.82 Å². The smallest absolute Gasteiger partial charge is 0.127 e. The normalized spacial score (nSPS) is 14.8. The van der Waals surface area contributed by atoms with Crippen LogP contribution in [0.3, 0.4) is 0 Å². The summed E-state index contributed by atoms with van der Waals surface area (Å²) in [5, 5.41) is 6.46. The fourth-order valence-electron chi connectivity index (χ4n) is 2.72. The van der Waals surface area contributed by atoms with Crippen LogP contribution in [0.5, 0.6) is 0 Å². The highest BCUT2D eigenvalue weighted by Crippen LogP contribution is 2.24. The third-order valence-electron chi connectivity index (χ3n) is 3.89. The van der Waals surface area contributed by atoms with Crippen molar-refractivity contribution in [2.45, 2.75) is 19.3 Å². The van der Waals surface area contributed by atoms with Gasteiger partial charge < -0.3 is 15.5 Å². The Morgan fingerprint density at radius 3 is 2.43 bits per heavy atom. The summed E-state index contributed by atoms with van der Waals surface area (Å²) >= 11 is 0. The molecular weight excluding hydrogens is 260 g/mol. The van der Waals surface area contributed by atoms with Crippen molar-refractivity contribution in [2.24, 2.45) is 0 Å². The van der Waals surface area contributed by atoms with Gasteiger partial charge in [-0.3, -0.25) is 0 Å². The molecule has 1 fully saturated rings. The SMILES string of the molecule is CNc1cc(Nc2ccc(N3CCCCC3)cc2)ccn1. The summed E-state index contributed by atoms with van der Waals surface area (Å²) in [6.45, 7) is 2.37. The Morgan fingerprint density at radius 2 is 1.71 bits per heavy atom. The van der Waals surface area contributed by atoms with Crippen LogP contribution in [-0.2, 0) is 0 Å². The number of anilines is 4. The van der Waals surface area contributed by atoms with E-state index in [9.17, 15) is 0 Å². The zero-order valence-corrected chi connectivity index (χ0v) is 12.5. The predicted octanol–water partition coefficient (Wildman–Crippen LogP) is 3.86. The molecule has 0 saturated carbocycles. The first-order valence-electron chi connectivity index (χ1n) is 7.61. The molecule has 4 nitrogen and oxygen atoms in total. The Labute approximate surface area is 126 Å². The van der Waals surface area contributed by atoms with Gasteiger partial charge in [0.15, 0.2) is 0 Å². The zero-order chi connectivity index (χ0) is 14.5. The molecule has 110 valence electrons. The van der Waals surface area contributed by atoms with Crippen LogP contribution in [0.15, 0.2) is 42.6 Å². The van der Waals surface area contributed by atoms with Gasteiger partial charge in [-0.15, -0.1) is 0 Å². The van der Waals surface area contributed by atoms with Gasteiger partial charge in [0.25, 0.3) is 0 Å². The fraction of sp³-hybridized carbons (Fsp3) is 0.353. The topological polar surface area (TPSA) is 40.2 Å². The van der Waals surface area contributed by atoms with Crippen molar-refractivity contribution >= 4 is 22.9 Å². The van der Waals surface area contributed by atoms with Crippen LogP contribution in [0.25, 0.3) is 0 Å². The molecular formula is C17H22N4. The van der Waals surface area contributed by atoms with E-state index in [1.54, 1.807) is 6.20 Å². The van der Waals surface area contributed by atoms with Crippen molar-refractivity contribution in [3.8, 4) is 0 Å². The molecule has 21 heavy (non-hydrogen) atoms. The van der Waals surface area contributed by atoms with Crippen LogP contribution >= 0.6 is 0 Å². The molecule has 1 aromatic carbocycles. The quantitative estimate of drug-likeness (QED) is 0.893. The van der Waals surface area contributed by atoms with Crippen molar-refractivity contribution in [1.29, 1.82) is 0 Å². The first-order chi connectivity index (χ1) is 10.3. The highest BCUT2D eigenvalue weighted by atomic mass is 15.1. The lowest BCUT2D eigenvalue weighted by molar-refractivity contribution is 0.578. The minimum Gasteiger partial charge on any atom is -0.373 e. The lowest BCUT2D eigenvalue weighted by atomic mass is 10.1. The van der Waals surface area contributed by atoms with Crippen LogP contribution < -0.4 is 15.5 Å². The molecule has 1 aliphatic heterocycles. The van der Waals surface area contributed by atoms with Gasteiger partial charge >= 0.3 is 0 Å². The summed E-state index contributed by atoms with van der Waals surface area (Å²) in [5.41, 5.74) is 3.47. The van der Waals surface area contributed by atoms with E-state index in [2.05, 4.69) is 44.8 Å². The number of rotatable bonds is 4. The summed E-state index contributed by atoms with van der Waals surface area (Å²) in [5.74, 6) is 0.866. The second-order valence-corrected chi connectivity index (χ2v) is 5.40. The van der Waals surface area contributed by atoms with E-state index in [0.29, 0.717) is 0 Å². The average Bonchev–Trinajstić information content (AvgIpc) is 2.56. The van der Waals surface area contributed by atoms with E-state index in [1.807, 2.05) is 19.2 Å². The molecule has 0 radical (unpaired) electrons. The van der Waals surface area contributed by atoms with Gasteiger partial charge in [-0.25, -0.2) is 4.98 Å². The number of hydrogen-bond acceptors (Lipinski definition) is 4. The lowest BCUT2D eigenvalue weighted by Gasteiger charge is -2.28. The van der Waals surface area contributed by atoms with Crippen molar-refractivity contribution in [3.63, 3.8) is 0 Å². The fourth-order valence-corrected chi connectivity index (χ4v) is 2.72. The highest BCUT2D eigenvalue weighted by molar-refractivity contribution is 5.64. The first kappa shape index (κ1) is 13.7. The molecule has 0 amide bonds. The van der Waals surface area contributed by atoms with E-state index in [-0.39, 0.29) is 0 Å². The Balaban J connectivity index is 1.68. The predicted molar refractivity (Wildman–Crippen MR) is 89.6 cm³/mol. The molecule has 0 bridgehead atoms. The number of hydrogen-bond donors (Lipinski definition) is 2. The molecule has 3 rings (SSSR count). The molecule has 1 aliphatic rings. The van der Waals surface area contributed by atoms with Gasteiger partial charge in [0, 0.05) is 49.5 Å². The number of pyridine rings is 1. The summed E-state index contributed by atoms with van der Waals surface area (Å²) in [7, 11) is 1.87. The van der Waals surface area contributed by atoms with Gasteiger partial charge in [-0.1, -0.05) is 0 Å². The molecule has 2 aromatic rings.